The van der Waals surface area contributed by atoms with E-state index in [1.165, 1.54) is 33.5 Å². The number of alkyl halides is 5. The van der Waals surface area contributed by atoms with Gasteiger partial charge in [-0.1, -0.05) is 31.5 Å². The highest BCUT2D eigenvalue weighted by molar-refractivity contribution is 7.10. The fraction of sp³-hybridized carbons (Fsp3) is 0.485. The summed E-state index contributed by atoms with van der Waals surface area (Å²) >= 11 is 0.425. The molecule has 5 rings (SSSR count). The number of para-hydroxylation sites is 1. The Morgan fingerprint density at radius 2 is 1.89 bits per heavy atom. The third-order valence-electron chi connectivity index (χ3n) is 9.18. The van der Waals surface area contributed by atoms with Crippen molar-refractivity contribution >= 4 is 17.2 Å². The van der Waals surface area contributed by atoms with Crippen molar-refractivity contribution in [3.05, 3.63) is 75.7 Å². The van der Waals surface area contributed by atoms with Crippen LogP contribution in [0.4, 0.5) is 22.0 Å². The summed E-state index contributed by atoms with van der Waals surface area (Å²) in [6.45, 7) is 2.19. The van der Waals surface area contributed by atoms with Crippen molar-refractivity contribution in [3.63, 3.8) is 0 Å². The highest BCUT2D eigenvalue weighted by atomic mass is 32.1. The SMILES string of the molecule is CCCC1N(C(O)c2ncccc2C(F)F)CCCC1(Oc1csc(C(F)(F)F)c1)C(=O)N1CCC(C#N)(c2ccccc2O)CC1. The summed E-state index contributed by atoms with van der Waals surface area (Å²) in [4.78, 5) is 20.9. The molecule has 3 unspecified atom stereocenters. The lowest BCUT2D eigenvalue weighted by Crippen LogP contribution is -2.68. The van der Waals surface area contributed by atoms with Gasteiger partial charge >= 0.3 is 6.18 Å². The van der Waals surface area contributed by atoms with E-state index in [4.69, 9.17) is 4.74 Å². The normalized spacial score (nSPS) is 22.5. The highest BCUT2D eigenvalue weighted by Gasteiger charge is 2.56. The molecule has 14 heteroatoms. The number of aromatic nitrogens is 1. The van der Waals surface area contributed by atoms with E-state index in [1.807, 2.05) is 6.92 Å². The van der Waals surface area contributed by atoms with Crippen LogP contribution in [0.3, 0.4) is 0 Å². The minimum Gasteiger partial charge on any atom is -0.508 e. The topological polar surface area (TPSA) is 110 Å². The van der Waals surface area contributed by atoms with Gasteiger partial charge in [-0.05, 0) is 50.3 Å². The largest absolute Gasteiger partial charge is 0.508 e. The summed E-state index contributed by atoms with van der Waals surface area (Å²) in [6, 6.07) is 11.2. The van der Waals surface area contributed by atoms with Gasteiger partial charge < -0.3 is 19.8 Å². The van der Waals surface area contributed by atoms with E-state index < -0.39 is 52.2 Å². The third-order valence-corrected chi connectivity index (χ3v) is 10.1. The van der Waals surface area contributed by atoms with Crippen molar-refractivity contribution in [2.24, 2.45) is 0 Å². The molecule has 252 valence electrons. The number of thiophene rings is 1. The number of hydrogen-bond acceptors (Lipinski definition) is 8. The second-order valence-electron chi connectivity index (χ2n) is 11.9. The second-order valence-corrected chi connectivity index (χ2v) is 12.8. The lowest BCUT2D eigenvalue weighted by Gasteiger charge is -2.52. The number of aliphatic hydroxyl groups excluding tert-OH is 1. The molecule has 0 aliphatic carbocycles. The molecule has 2 saturated heterocycles. The van der Waals surface area contributed by atoms with Gasteiger partial charge in [-0.3, -0.25) is 14.7 Å². The minimum atomic E-state index is -4.64. The maximum absolute atomic E-state index is 14.8. The summed E-state index contributed by atoms with van der Waals surface area (Å²) in [5.41, 5.74) is -3.19. The first-order valence-electron chi connectivity index (χ1n) is 15.4. The zero-order valence-electron chi connectivity index (χ0n) is 25.6. The zero-order chi connectivity index (χ0) is 34.0. The number of ether oxygens (including phenoxy) is 1. The number of aliphatic hydroxyl groups is 1. The van der Waals surface area contributed by atoms with E-state index in [-0.39, 0.29) is 68.9 Å². The summed E-state index contributed by atoms with van der Waals surface area (Å²) in [5, 5.41) is 33.5. The lowest BCUT2D eigenvalue weighted by atomic mass is 9.73. The Kier molecular flexibility index (Phi) is 10.1. The Morgan fingerprint density at radius 1 is 1.17 bits per heavy atom. The summed E-state index contributed by atoms with van der Waals surface area (Å²) in [5.74, 6) is -0.743. The molecule has 8 nitrogen and oxygen atoms in total. The average molecular weight is 679 g/mol. The third kappa shape index (κ3) is 6.66. The smallest absolute Gasteiger partial charge is 0.425 e. The Bertz CT molecular complexity index is 1600. The number of rotatable bonds is 9. The molecule has 2 fully saturated rings. The molecule has 3 atom stereocenters. The van der Waals surface area contributed by atoms with Gasteiger partial charge in [0.1, 0.15) is 16.4 Å². The number of carbonyl (C=O) groups excluding carboxylic acids is 1. The number of phenols is 1. The minimum absolute atomic E-state index is 0.0378. The van der Waals surface area contributed by atoms with Gasteiger partial charge in [-0.2, -0.15) is 18.4 Å². The molecule has 0 spiro atoms. The zero-order valence-corrected chi connectivity index (χ0v) is 26.4. The van der Waals surface area contributed by atoms with Crippen LogP contribution in [0.1, 0.15) is 79.8 Å². The van der Waals surface area contributed by atoms with Crippen LogP contribution in [-0.4, -0.2) is 62.2 Å². The number of halogens is 5. The van der Waals surface area contributed by atoms with Crippen LogP contribution < -0.4 is 4.74 Å². The molecule has 3 aromatic rings. The van der Waals surface area contributed by atoms with E-state index in [9.17, 15) is 42.2 Å². The molecule has 1 aromatic carbocycles. The molecule has 0 bridgehead atoms. The molecule has 2 aliphatic heterocycles. The number of piperidine rings is 2. The van der Waals surface area contributed by atoms with Gasteiger partial charge in [0.2, 0.25) is 5.60 Å². The van der Waals surface area contributed by atoms with Crippen molar-refractivity contribution in [1.29, 1.82) is 5.26 Å². The van der Waals surface area contributed by atoms with Gasteiger partial charge in [0.05, 0.1) is 23.2 Å². The van der Waals surface area contributed by atoms with Crippen molar-refractivity contribution in [1.82, 2.24) is 14.8 Å². The summed E-state index contributed by atoms with van der Waals surface area (Å²) < 4.78 is 75.0. The fourth-order valence-electron chi connectivity index (χ4n) is 6.89. The molecule has 2 aromatic heterocycles. The van der Waals surface area contributed by atoms with Crippen LogP contribution in [0, 0.1) is 11.3 Å². The number of nitriles is 1. The van der Waals surface area contributed by atoms with E-state index in [2.05, 4.69) is 11.1 Å². The van der Waals surface area contributed by atoms with Gasteiger partial charge in [0.15, 0.2) is 6.23 Å². The van der Waals surface area contributed by atoms with E-state index in [0.29, 0.717) is 23.3 Å². The molecule has 2 N–H and O–H groups in total. The Labute approximate surface area is 273 Å². The number of hydrogen-bond donors (Lipinski definition) is 2. The monoisotopic (exact) mass is 678 g/mol. The Balaban J connectivity index is 1.54. The number of aromatic hydroxyl groups is 1. The predicted octanol–water partition coefficient (Wildman–Crippen LogP) is 6.96. The molecule has 2 aliphatic rings. The number of nitrogens with zero attached hydrogens (tertiary/aromatic N) is 4. The molecule has 1 amide bonds. The first kappa shape index (κ1) is 34.5. The van der Waals surface area contributed by atoms with Crippen molar-refractivity contribution in [3.8, 4) is 17.6 Å². The van der Waals surface area contributed by atoms with E-state index >= 15 is 0 Å². The van der Waals surface area contributed by atoms with Crippen LogP contribution in [-0.2, 0) is 16.4 Å². The molecule has 47 heavy (non-hydrogen) atoms. The number of phenolic OH excluding ortho intramolecular Hbond substituents is 1. The van der Waals surface area contributed by atoms with Gasteiger partial charge in [0, 0.05) is 48.4 Å². The van der Waals surface area contributed by atoms with Crippen molar-refractivity contribution in [2.45, 2.75) is 81.3 Å². The molecular formula is C33H35F5N4O4S. The average Bonchev–Trinajstić information content (AvgIpc) is 3.54. The quantitative estimate of drug-likeness (QED) is 0.236. The number of amides is 1. The summed E-state index contributed by atoms with van der Waals surface area (Å²) in [6.07, 6.45) is -6.55. The lowest BCUT2D eigenvalue weighted by molar-refractivity contribution is -0.173. The Hall–Kier alpha value is -3.80. The standard InChI is InChI=1S/C33H35F5N4O4S/c1-2-7-25-32(46-21-18-26(47-19-21)33(36,37)38,11-6-15-42(25)29(44)27-22(28(34)35)8-5-14-40-27)30(45)41-16-12-31(20-39,13-17-41)23-9-3-4-10-24(23)43/h3-5,8-10,14,18-19,25,28-29,43-44H,2,6-7,11-13,15-17H2,1H3. The maximum Gasteiger partial charge on any atom is 0.425 e. The first-order chi connectivity index (χ1) is 22.4. The van der Waals surface area contributed by atoms with Crippen molar-refractivity contribution in [2.75, 3.05) is 19.6 Å². The van der Waals surface area contributed by atoms with Crippen LogP contribution in [0.2, 0.25) is 0 Å². The molecular weight excluding hydrogens is 643 g/mol. The van der Waals surface area contributed by atoms with Crippen molar-refractivity contribution < 1.29 is 41.7 Å². The van der Waals surface area contributed by atoms with Crippen LogP contribution in [0.25, 0.3) is 0 Å². The number of carbonyl (C=O) groups is 1. The highest BCUT2D eigenvalue weighted by Crippen LogP contribution is 2.45. The fourth-order valence-corrected chi connectivity index (χ4v) is 7.57. The van der Waals surface area contributed by atoms with Gasteiger partial charge in [-0.25, -0.2) is 8.78 Å². The molecule has 0 radical (unpaired) electrons. The van der Waals surface area contributed by atoms with E-state index in [1.54, 1.807) is 18.2 Å². The summed E-state index contributed by atoms with van der Waals surface area (Å²) in [7, 11) is 0. The van der Waals surface area contributed by atoms with Crippen LogP contribution in [0.5, 0.6) is 11.5 Å². The number of likely N-dealkylation sites (tertiary alicyclic amines) is 2. The number of benzene rings is 1. The van der Waals surface area contributed by atoms with Crippen LogP contribution in [0.15, 0.2) is 54.0 Å². The first-order valence-corrected chi connectivity index (χ1v) is 16.3. The number of pyridine rings is 1. The molecule has 0 saturated carbocycles. The Morgan fingerprint density at radius 3 is 2.51 bits per heavy atom. The predicted molar refractivity (Wildman–Crippen MR) is 163 cm³/mol. The maximum atomic E-state index is 14.8. The second kappa shape index (κ2) is 13.7. The van der Waals surface area contributed by atoms with Gasteiger partial charge in [0.25, 0.3) is 12.3 Å². The van der Waals surface area contributed by atoms with E-state index in [0.717, 1.165) is 12.1 Å². The molecule has 4 heterocycles. The van der Waals surface area contributed by atoms with Gasteiger partial charge in [-0.15, -0.1) is 11.3 Å². The van der Waals surface area contributed by atoms with Crippen LogP contribution >= 0.6 is 11.3 Å².